The van der Waals surface area contributed by atoms with Gasteiger partial charge in [-0.05, 0) is 82.5 Å². The Morgan fingerprint density at radius 3 is 2.25 bits per heavy atom. The Morgan fingerprint density at radius 2 is 1.58 bits per heavy atom. The lowest BCUT2D eigenvalue weighted by atomic mass is 9.78. The third-order valence-corrected chi connectivity index (χ3v) is 13.5. The van der Waals surface area contributed by atoms with E-state index in [1.54, 1.807) is 7.11 Å². The van der Waals surface area contributed by atoms with Crippen LogP contribution in [0.3, 0.4) is 0 Å². The predicted octanol–water partition coefficient (Wildman–Crippen LogP) is 5.89. The molecule has 0 amide bonds. The number of methoxy groups -OCH3 is 1. The van der Waals surface area contributed by atoms with E-state index in [-0.39, 0.29) is 91.4 Å². The zero-order chi connectivity index (χ0) is 35.2. The highest BCUT2D eigenvalue weighted by Crippen LogP contribution is 2.56. The van der Waals surface area contributed by atoms with Crippen molar-refractivity contribution in [2.45, 2.75) is 186 Å². The molecule has 5 rings (SSSR count). The summed E-state index contributed by atoms with van der Waals surface area (Å²) < 4.78 is 40.8. The molecule has 0 aromatic rings. The standard InChI is InChI=1S/C39H70O9/c1-22(20-40)15-24(3)34(42)32-16-25(4)36(45-32)37(8)14-13-33(47-37)38(9)19-27(6)39(48-38)28(7)31(43-10)18-30(46-39)17-29-12-11-23(2)35(44-29)26(5)21-41/h22-36,40-42H,11-21H2,1-10H3/t22-,23+,24+,25+,26+,27-,28-,29-,30-,31-,32-,33-,34+,35-,36-,37+,38+,39?/m1/s1. The average Bonchev–Trinajstić information content (AvgIpc) is 3.73. The van der Waals surface area contributed by atoms with E-state index in [2.05, 4.69) is 55.4 Å². The van der Waals surface area contributed by atoms with Gasteiger partial charge in [-0.15, -0.1) is 0 Å². The lowest BCUT2D eigenvalue weighted by Crippen LogP contribution is -2.58. The summed E-state index contributed by atoms with van der Waals surface area (Å²) in [7, 11) is 1.81. The van der Waals surface area contributed by atoms with Gasteiger partial charge in [-0.25, -0.2) is 0 Å². The molecule has 5 aliphatic heterocycles. The van der Waals surface area contributed by atoms with Gasteiger partial charge in [-0.2, -0.15) is 0 Å². The lowest BCUT2D eigenvalue weighted by molar-refractivity contribution is -0.352. The van der Waals surface area contributed by atoms with Gasteiger partial charge in [-0.3, -0.25) is 0 Å². The summed E-state index contributed by atoms with van der Waals surface area (Å²) in [5.74, 6) is 0.418. The largest absolute Gasteiger partial charge is 0.396 e. The van der Waals surface area contributed by atoms with Crippen molar-refractivity contribution in [3.05, 3.63) is 0 Å². The third kappa shape index (κ3) is 7.57. The molecule has 280 valence electrons. The van der Waals surface area contributed by atoms with E-state index in [0.29, 0.717) is 5.92 Å². The van der Waals surface area contributed by atoms with E-state index in [9.17, 15) is 15.3 Å². The SMILES string of the molecule is CO[C@@H]1C[C@@H](C[C@H]2CC[C@H](C)[C@H]([C@@H](C)CO)O2)OC2(O[C@](C)([C@H]3CC[C@@](C)([C@@H]4O[C@@H]([C@@H](O)[C@@H](C)C[C@@H](C)CO)C[C@@H]4C)O3)C[C@H]2C)[C@@H]1C. The molecule has 0 radical (unpaired) electrons. The minimum Gasteiger partial charge on any atom is -0.396 e. The summed E-state index contributed by atoms with van der Waals surface area (Å²) in [5, 5.41) is 30.6. The number of ether oxygens (including phenoxy) is 6. The lowest BCUT2D eigenvalue weighted by Gasteiger charge is -2.50. The monoisotopic (exact) mass is 683 g/mol. The molecule has 0 aromatic heterocycles. The molecule has 48 heavy (non-hydrogen) atoms. The number of hydrogen-bond acceptors (Lipinski definition) is 9. The molecule has 0 aliphatic carbocycles. The number of hydrogen-bond donors (Lipinski definition) is 3. The van der Waals surface area contributed by atoms with Gasteiger partial charge < -0.3 is 43.7 Å². The van der Waals surface area contributed by atoms with Crippen LogP contribution in [0.25, 0.3) is 0 Å². The van der Waals surface area contributed by atoms with E-state index in [0.717, 1.165) is 57.8 Å². The Morgan fingerprint density at radius 1 is 0.854 bits per heavy atom. The van der Waals surface area contributed by atoms with Crippen molar-refractivity contribution in [2.24, 2.45) is 41.4 Å². The maximum atomic E-state index is 11.2. The molecule has 1 unspecified atom stereocenters. The van der Waals surface area contributed by atoms with E-state index in [4.69, 9.17) is 28.4 Å². The van der Waals surface area contributed by atoms with Crippen LogP contribution in [0, 0.1) is 41.4 Å². The van der Waals surface area contributed by atoms with Crippen LogP contribution in [0.4, 0.5) is 0 Å². The molecule has 18 atom stereocenters. The maximum Gasteiger partial charge on any atom is 0.177 e. The van der Waals surface area contributed by atoms with Gasteiger partial charge in [0, 0.05) is 50.9 Å². The van der Waals surface area contributed by atoms with Crippen molar-refractivity contribution < 1.29 is 43.7 Å². The second-order valence-electron chi connectivity index (χ2n) is 17.7. The van der Waals surface area contributed by atoms with E-state index in [1.807, 2.05) is 6.92 Å². The molecule has 5 aliphatic rings. The van der Waals surface area contributed by atoms with Crippen LogP contribution in [0.2, 0.25) is 0 Å². The molecule has 0 saturated carbocycles. The van der Waals surface area contributed by atoms with Gasteiger partial charge in [0.2, 0.25) is 0 Å². The maximum absolute atomic E-state index is 11.2. The van der Waals surface area contributed by atoms with Crippen molar-refractivity contribution in [1.82, 2.24) is 0 Å². The Kier molecular flexibility index (Phi) is 12.4. The van der Waals surface area contributed by atoms with Crippen LogP contribution >= 0.6 is 0 Å². The quantitative estimate of drug-likeness (QED) is 0.232. The first kappa shape index (κ1) is 38.9. The van der Waals surface area contributed by atoms with Crippen LogP contribution in [-0.4, -0.2) is 101 Å². The first-order valence-electron chi connectivity index (χ1n) is 19.4. The third-order valence-electron chi connectivity index (χ3n) is 13.5. The zero-order valence-electron chi connectivity index (χ0n) is 31.7. The topological polar surface area (TPSA) is 116 Å². The van der Waals surface area contributed by atoms with E-state index >= 15 is 0 Å². The number of rotatable bonds is 12. The second kappa shape index (κ2) is 15.3. The van der Waals surface area contributed by atoms with Gasteiger partial charge >= 0.3 is 0 Å². The fourth-order valence-electron chi connectivity index (χ4n) is 10.6. The van der Waals surface area contributed by atoms with Crippen molar-refractivity contribution in [1.29, 1.82) is 0 Å². The fraction of sp³-hybridized carbons (Fsp3) is 1.00. The van der Waals surface area contributed by atoms with Gasteiger partial charge in [-0.1, -0.05) is 48.5 Å². The molecule has 3 N–H and O–H groups in total. The van der Waals surface area contributed by atoms with Crippen LogP contribution in [0.5, 0.6) is 0 Å². The Hall–Kier alpha value is -0.360. The molecule has 5 saturated heterocycles. The van der Waals surface area contributed by atoms with Crippen molar-refractivity contribution >= 4 is 0 Å². The van der Waals surface area contributed by atoms with Crippen molar-refractivity contribution in [3.8, 4) is 0 Å². The highest BCUT2D eigenvalue weighted by atomic mass is 16.7. The summed E-state index contributed by atoms with van der Waals surface area (Å²) in [5.41, 5.74) is -1.00. The molecule has 5 heterocycles. The number of aliphatic hydroxyl groups is 3. The van der Waals surface area contributed by atoms with Gasteiger partial charge in [0.05, 0.1) is 60.0 Å². The first-order valence-corrected chi connectivity index (χ1v) is 19.4. The summed E-state index contributed by atoms with van der Waals surface area (Å²) in [6, 6.07) is 0. The van der Waals surface area contributed by atoms with E-state index in [1.165, 1.54) is 0 Å². The molecule has 5 fully saturated rings. The van der Waals surface area contributed by atoms with E-state index < -0.39 is 23.1 Å². The van der Waals surface area contributed by atoms with Crippen LogP contribution < -0.4 is 0 Å². The normalized spacial score (nSPS) is 49.3. The number of aliphatic hydroxyl groups excluding tert-OH is 3. The smallest absolute Gasteiger partial charge is 0.177 e. The predicted molar refractivity (Wildman–Crippen MR) is 184 cm³/mol. The van der Waals surface area contributed by atoms with Crippen molar-refractivity contribution in [3.63, 3.8) is 0 Å². The van der Waals surface area contributed by atoms with Crippen LogP contribution in [0.1, 0.15) is 120 Å². The van der Waals surface area contributed by atoms with Crippen molar-refractivity contribution in [2.75, 3.05) is 20.3 Å². The fourth-order valence-corrected chi connectivity index (χ4v) is 10.6. The van der Waals surface area contributed by atoms with Gasteiger partial charge in [0.1, 0.15) is 0 Å². The Bertz CT molecular complexity index is 1040. The summed E-state index contributed by atoms with van der Waals surface area (Å²) >= 11 is 0. The molecule has 9 nitrogen and oxygen atoms in total. The molecule has 0 bridgehead atoms. The minimum absolute atomic E-state index is 0.0110. The molecule has 9 heteroatoms. The zero-order valence-corrected chi connectivity index (χ0v) is 31.7. The molecular formula is C39H70O9. The highest BCUT2D eigenvalue weighted by Gasteiger charge is 2.64. The minimum atomic E-state index is -0.783. The van der Waals surface area contributed by atoms with Crippen LogP contribution in [-0.2, 0) is 28.4 Å². The molecule has 0 aromatic carbocycles. The Balaban J connectivity index is 1.26. The first-order chi connectivity index (χ1) is 22.6. The average molecular weight is 683 g/mol. The summed E-state index contributed by atoms with van der Waals surface area (Å²) in [4.78, 5) is 0. The molecular weight excluding hydrogens is 612 g/mol. The summed E-state index contributed by atoms with van der Waals surface area (Å²) in [6.07, 6.45) is 6.95. The second-order valence-corrected chi connectivity index (χ2v) is 17.7. The Labute approximate surface area is 291 Å². The van der Waals surface area contributed by atoms with Gasteiger partial charge in [0.15, 0.2) is 5.79 Å². The highest BCUT2D eigenvalue weighted by molar-refractivity contribution is 5.09. The molecule has 1 spiro atoms. The van der Waals surface area contributed by atoms with Gasteiger partial charge in [0.25, 0.3) is 0 Å². The van der Waals surface area contributed by atoms with Crippen LogP contribution in [0.15, 0.2) is 0 Å². The summed E-state index contributed by atoms with van der Waals surface area (Å²) in [6.45, 7) is 19.7.